The molecule has 1 aromatic carbocycles. The molecule has 0 saturated heterocycles. The number of anilines is 1. The molecule has 0 atom stereocenters. The van der Waals surface area contributed by atoms with Crippen molar-refractivity contribution in [3.63, 3.8) is 0 Å². The Morgan fingerprint density at radius 1 is 1.39 bits per heavy atom. The van der Waals surface area contributed by atoms with E-state index in [1.807, 2.05) is 0 Å². The van der Waals surface area contributed by atoms with E-state index in [0.29, 0.717) is 6.54 Å². The zero-order valence-corrected chi connectivity index (χ0v) is 10.7. The van der Waals surface area contributed by atoms with E-state index in [-0.39, 0.29) is 16.2 Å². The Bertz CT molecular complexity index is 547. The molecule has 0 saturated carbocycles. The maximum absolute atomic E-state index is 13.7. The van der Waals surface area contributed by atoms with Gasteiger partial charge in [0.05, 0.1) is 12.1 Å². The molecule has 2 rings (SSSR count). The third kappa shape index (κ3) is 2.80. The average Bonchev–Trinajstić information content (AvgIpc) is 2.80. The fourth-order valence-electron chi connectivity index (χ4n) is 1.39. The molecule has 0 bridgehead atoms. The van der Waals surface area contributed by atoms with E-state index in [1.165, 1.54) is 11.3 Å². The van der Waals surface area contributed by atoms with E-state index in [4.69, 9.17) is 5.73 Å². The lowest BCUT2D eigenvalue weighted by Gasteiger charge is -2.09. The van der Waals surface area contributed by atoms with Crippen LogP contribution in [0.3, 0.4) is 0 Å². The van der Waals surface area contributed by atoms with Crippen LogP contribution in [0.5, 0.6) is 0 Å². The van der Waals surface area contributed by atoms with Crippen molar-refractivity contribution in [3.05, 3.63) is 45.9 Å². The zero-order valence-electron chi connectivity index (χ0n) is 9.11. The first-order valence-corrected chi connectivity index (χ1v) is 6.27. The number of aromatic nitrogens is 1. The van der Waals surface area contributed by atoms with Gasteiger partial charge in [0.15, 0.2) is 0 Å². The van der Waals surface area contributed by atoms with Gasteiger partial charge < -0.3 is 11.1 Å². The Balaban J connectivity index is 2.20. The number of nitrogens with two attached hydrogens (primary N) is 1. The summed E-state index contributed by atoms with van der Waals surface area (Å²) in [4.78, 5) is 4.72. The monoisotopic (exact) mass is 285 g/mol. The molecule has 0 amide bonds. The SMILES string of the molecule is NC(=S)c1cc(F)c(NCc2cncs2)c(F)c1. The molecule has 1 heterocycles. The minimum atomic E-state index is -0.720. The van der Waals surface area contributed by atoms with Crippen molar-refractivity contribution in [3.8, 4) is 0 Å². The second-order valence-electron chi connectivity index (χ2n) is 3.50. The van der Waals surface area contributed by atoms with Crippen molar-refractivity contribution in [2.24, 2.45) is 5.73 Å². The third-order valence-corrected chi connectivity index (χ3v) is 3.26. The first-order chi connectivity index (χ1) is 8.58. The summed E-state index contributed by atoms with van der Waals surface area (Å²) in [5.74, 6) is -1.44. The van der Waals surface area contributed by atoms with Crippen LogP contribution in [0.2, 0.25) is 0 Å². The molecule has 0 unspecified atom stereocenters. The van der Waals surface area contributed by atoms with E-state index in [1.54, 1.807) is 11.7 Å². The highest BCUT2D eigenvalue weighted by atomic mass is 32.1. The van der Waals surface area contributed by atoms with Gasteiger partial charge in [-0.1, -0.05) is 12.2 Å². The lowest BCUT2D eigenvalue weighted by molar-refractivity contribution is 0.587. The molecule has 3 N–H and O–H groups in total. The molecule has 2 aromatic rings. The Hall–Kier alpha value is -1.60. The van der Waals surface area contributed by atoms with Crippen molar-refractivity contribution in [1.82, 2.24) is 4.98 Å². The Morgan fingerprint density at radius 2 is 2.06 bits per heavy atom. The standard InChI is InChI=1S/C11H9F2N3S2/c12-8-1-6(11(14)17)2-9(13)10(8)16-4-7-3-15-5-18-7/h1-3,5,16H,4H2,(H2,14,17). The Kier molecular flexibility index (Phi) is 3.83. The predicted octanol–water partition coefficient (Wildman–Crippen LogP) is 2.67. The molecular weight excluding hydrogens is 276 g/mol. The van der Waals surface area contributed by atoms with Gasteiger partial charge in [-0.25, -0.2) is 8.78 Å². The fraction of sp³-hybridized carbons (Fsp3) is 0.0909. The van der Waals surface area contributed by atoms with Crippen molar-refractivity contribution in [1.29, 1.82) is 0 Å². The molecule has 18 heavy (non-hydrogen) atoms. The highest BCUT2D eigenvalue weighted by Crippen LogP contribution is 2.22. The Labute approximate surface area is 112 Å². The number of nitrogens with one attached hydrogen (secondary N) is 1. The van der Waals surface area contributed by atoms with Crippen molar-refractivity contribution < 1.29 is 8.78 Å². The normalized spacial score (nSPS) is 10.3. The van der Waals surface area contributed by atoms with Crippen molar-refractivity contribution in [2.45, 2.75) is 6.54 Å². The number of benzene rings is 1. The summed E-state index contributed by atoms with van der Waals surface area (Å²) in [5.41, 5.74) is 6.95. The predicted molar refractivity (Wildman–Crippen MR) is 71.7 cm³/mol. The zero-order chi connectivity index (χ0) is 13.1. The average molecular weight is 285 g/mol. The number of nitrogens with zero attached hydrogens (tertiary/aromatic N) is 1. The number of thiocarbonyl (C=S) groups is 1. The van der Waals surface area contributed by atoms with Gasteiger partial charge in [0.25, 0.3) is 0 Å². The maximum atomic E-state index is 13.7. The van der Waals surface area contributed by atoms with E-state index in [0.717, 1.165) is 17.0 Å². The van der Waals surface area contributed by atoms with Crippen LogP contribution in [-0.4, -0.2) is 9.97 Å². The van der Waals surface area contributed by atoms with E-state index in [9.17, 15) is 8.78 Å². The molecule has 3 nitrogen and oxygen atoms in total. The van der Waals surface area contributed by atoms with Crippen LogP contribution in [-0.2, 0) is 6.54 Å². The van der Waals surface area contributed by atoms with Crippen LogP contribution < -0.4 is 11.1 Å². The second kappa shape index (κ2) is 5.36. The van der Waals surface area contributed by atoms with Gasteiger partial charge in [0.1, 0.15) is 22.3 Å². The largest absolute Gasteiger partial charge is 0.389 e. The van der Waals surface area contributed by atoms with Crippen LogP contribution >= 0.6 is 23.6 Å². The molecule has 0 spiro atoms. The van der Waals surface area contributed by atoms with Gasteiger partial charge in [-0.05, 0) is 12.1 Å². The Morgan fingerprint density at radius 3 is 2.56 bits per heavy atom. The minimum Gasteiger partial charge on any atom is -0.389 e. The highest BCUT2D eigenvalue weighted by molar-refractivity contribution is 7.80. The molecular formula is C11H9F2N3S2. The first-order valence-electron chi connectivity index (χ1n) is 4.98. The lowest BCUT2D eigenvalue weighted by Crippen LogP contribution is -2.12. The van der Waals surface area contributed by atoms with Crippen LogP contribution in [0.4, 0.5) is 14.5 Å². The molecule has 0 aliphatic rings. The second-order valence-corrected chi connectivity index (χ2v) is 4.91. The molecule has 1 aromatic heterocycles. The van der Waals surface area contributed by atoms with Gasteiger partial charge in [-0.15, -0.1) is 11.3 Å². The third-order valence-electron chi connectivity index (χ3n) is 2.25. The minimum absolute atomic E-state index is 0.0400. The topological polar surface area (TPSA) is 50.9 Å². The van der Waals surface area contributed by atoms with Gasteiger partial charge in [-0.2, -0.15) is 0 Å². The fourth-order valence-corrected chi connectivity index (χ4v) is 2.04. The number of rotatable bonds is 4. The molecule has 7 heteroatoms. The summed E-state index contributed by atoms with van der Waals surface area (Å²) in [6.45, 7) is 0.310. The summed E-state index contributed by atoms with van der Waals surface area (Å²) >= 11 is 6.07. The van der Waals surface area contributed by atoms with Crippen molar-refractivity contribution >= 4 is 34.2 Å². The molecule has 0 radical (unpaired) electrons. The smallest absolute Gasteiger partial charge is 0.150 e. The molecule has 94 valence electrons. The van der Waals surface area contributed by atoms with Crippen molar-refractivity contribution in [2.75, 3.05) is 5.32 Å². The molecule has 0 aliphatic carbocycles. The van der Waals surface area contributed by atoms with E-state index in [2.05, 4.69) is 22.5 Å². The van der Waals surface area contributed by atoms with Crippen LogP contribution in [0, 0.1) is 11.6 Å². The lowest BCUT2D eigenvalue weighted by atomic mass is 10.2. The summed E-state index contributed by atoms with van der Waals surface area (Å²) in [6, 6.07) is 2.22. The molecule has 0 aliphatic heterocycles. The van der Waals surface area contributed by atoms with Gasteiger partial charge in [0, 0.05) is 16.6 Å². The van der Waals surface area contributed by atoms with Gasteiger partial charge >= 0.3 is 0 Å². The van der Waals surface area contributed by atoms with E-state index < -0.39 is 11.6 Å². The quantitative estimate of drug-likeness (QED) is 0.848. The van der Waals surface area contributed by atoms with E-state index >= 15 is 0 Å². The number of hydrogen-bond acceptors (Lipinski definition) is 4. The summed E-state index contributed by atoms with van der Waals surface area (Å²) in [6.07, 6.45) is 1.64. The van der Waals surface area contributed by atoms with Crippen LogP contribution in [0.1, 0.15) is 10.4 Å². The number of thiazole rings is 1. The summed E-state index contributed by atoms with van der Waals surface area (Å²) in [7, 11) is 0. The molecule has 0 fully saturated rings. The van der Waals surface area contributed by atoms with Gasteiger partial charge in [0.2, 0.25) is 0 Å². The summed E-state index contributed by atoms with van der Waals surface area (Å²) in [5, 5.41) is 2.69. The number of halogens is 2. The highest BCUT2D eigenvalue weighted by Gasteiger charge is 2.12. The number of hydrogen-bond donors (Lipinski definition) is 2. The summed E-state index contributed by atoms with van der Waals surface area (Å²) < 4.78 is 27.3. The van der Waals surface area contributed by atoms with Crippen LogP contribution in [0.15, 0.2) is 23.8 Å². The first kappa shape index (κ1) is 12.8. The van der Waals surface area contributed by atoms with Crippen LogP contribution in [0.25, 0.3) is 0 Å². The maximum Gasteiger partial charge on any atom is 0.150 e. The van der Waals surface area contributed by atoms with Gasteiger partial charge in [-0.3, -0.25) is 4.98 Å².